The van der Waals surface area contributed by atoms with Crippen molar-refractivity contribution in [2.75, 3.05) is 10.7 Å². The van der Waals surface area contributed by atoms with Gasteiger partial charge in [0.05, 0.1) is 11.4 Å². The van der Waals surface area contributed by atoms with Gasteiger partial charge in [-0.15, -0.1) is 23.2 Å². The van der Waals surface area contributed by atoms with Crippen LogP contribution in [-0.4, -0.2) is 81.9 Å². The minimum atomic E-state index is -0.400. The van der Waals surface area contributed by atoms with Crippen LogP contribution >= 0.6 is 50.7 Å². The maximum absolute atomic E-state index is 11.2. The Morgan fingerprint density at radius 2 is 1.24 bits per heavy atom. The lowest BCUT2D eigenvalue weighted by Gasteiger charge is -2.50. The van der Waals surface area contributed by atoms with Crippen LogP contribution in [0.1, 0.15) is 87.5 Å². The molecule has 0 saturated carbocycles. The number of hydrogen-bond acceptors (Lipinski definition) is 8. The van der Waals surface area contributed by atoms with E-state index in [9.17, 15) is 25.1 Å². The number of aliphatic hydroxyl groups is 1. The third kappa shape index (κ3) is 14.8. The van der Waals surface area contributed by atoms with Gasteiger partial charge in [0.1, 0.15) is 6.10 Å². The fourth-order valence-electron chi connectivity index (χ4n) is 4.77. The minimum Gasteiger partial charge on any atom is -0.459 e. The summed E-state index contributed by atoms with van der Waals surface area (Å²) in [5.74, 6) is -0.400. The molecule has 37 heavy (non-hydrogen) atoms. The lowest BCUT2D eigenvalue weighted by molar-refractivity contribution is -0.259. The first kappa shape index (κ1) is 39.2. The molecule has 0 aliphatic carbocycles. The first-order valence-corrected chi connectivity index (χ1v) is 14.6. The summed E-state index contributed by atoms with van der Waals surface area (Å²) in [5, 5.41) is 32.7. The van der Waals surface area contributed by atoms with E-state index in [4.69, 9.17) is 39.5 Å². The van der Waals surface area contributed by atoms with Crippen molar-refractivity contribution in [3.05, 3.63) is 12.7 Å². The summed E-state index contributed by atoms with van der Waals surface area (Å²) in [5.41, 5.74) is -1.43. The fourth-order valence-corrected chi connectivity index (χ4v) is 5.45. The third-order valence-corrected chi connectivity index (χ3v) is 6.54. The number of carbonyl (C=O) groups excluding carboxylic acids is 2. The van der Waals surface area contributed by atoms with Crippen molar-refractivity contribution in [2.45, 2.75) is 122 Å². The number of halogens is 4. The van der Waals surface area contributed by atoms with E-state index in [0.717, 1.165) is 0 Å². The maximum atomic E-state index is 11.2. The number of piperidine rings is 2. The van der Waals surface area contributed by atoms with Crippen molar-refractivity contribution in [1.82, 2.24) is 10.1 Å². The molecule has 12 heteroatoms. The van der Waals surface area contributed by atoms with Gasteiger partial charge in [-0.05, 0) is 79.8 Å². The summed E-state index contributed by atoms with van der Waals surface area (Å²) in [7, 11) is 0. The van der Waals surface area contributed by atoms with E-state index in [2.05, 4.69) is 22.5 Å². The number of aliphatic hydroxyl groups excluding tert-OH is 1. The Kier molecular flexibility index (Phi) is 18.0. The monoisotopic (exact) mass is 654 g/mol. The summed E-state index contributed by atoms with van der Waals surface area (Å²) >= 11 is 17.5. The summed E-state index contributed by atoms with van der Waals surface area (Å²) in [6.45, 7) is 18.9. The highest BCUT2D eigenvalue weighted by Gasteiger charge is 2.46. The second-order valence-corrected chi connectivity index (χ2v) is 13.5. The molecule has 2 saturated heterocycles. The number of esters is 1. The molecular formula is C25H46BrCl3N2O6. The van der Waals surface area contributed by atoms with Crippen LogP contribution in [0.4, 0.5) is 0 Å². The van der Waals surface area contributed by atoms with E-state index in [0.29, 0.717) is 37.4 Å². The van der Waals surface area contributed by atoms with Crippen molar-refractivity contribution in [2.24, 2.45) is 0 Å². The van der Waals surface area contributed by atoms with Gasteiger partial charge in [0, 0.05) is 52.8 Å². The standard InChI is InChI=1S/C12H21NO3.C9H19NO2.C3H4BrClO.CH2Cl2/c1-6-10(14)16-9-7-11(2,3)13(15)12(4,5)8-9;1-8(2)5-7(11)6-9(3,4)10(8)12;4-2-1-3(5)6;2-1-3/h6,9,15H,1,7-8H2,2-5H3;7,11-12H,5-6H2,1-4H3;1-2H2;1H2. The average molecular weight is 657 g/mol. The lowest BCUT2D eigenvalue weighted by atomic mass is 9.80. The number of hydrogen-bond donors (Lipinski definition) is 3. The maximum Gasteiger partial charge on any atom is 0.330 e. The zero-order valence-electron chi connectivity index (χ0n) is 23.4. The average Bonchev–Trinajstić information content (AvgIpc) is 2.70. The molecule has 2 fully saturated rings. The van der Waals surface area contributed by atoms with Crippen LogP contribution in [0.3, 0.4) is 0 Å². The molecular weight excluding hydrogens is 611 g/mol. The molecule has 0 aromatic heterocycles. The van der Waals surface area contributed by atoms with Gasteiger partial charge in [-0.1, -0.05) is 22.5 Å². The topological polar surface area (TPSA) is 111 Å². The second-order valence-electron chi connectivity index (χ2n) is 11.5. The van der Waals surface area contributed by atoms with Gasteiger partial charge in [-0.2, -0.15) is 10.1 Å². The predicted octanol–water partition coefficient (Wildman–Crippen LogP) is 6.47. The molecule has 3 N–H and O–H groups in total. The van der Waals surface area contributed by atoms with Crippen molar-refractivity contribution >= 4 is 61.9 Å². The van der Waals surface area contributed by atoms with Gasteiger partial charge < -0.3 is 20.3 Å². The summed E-state index contributed by atoms with van der Waals surface area (Å²) in [6, 6.07) is 0. The highest BCUT2D eigenvalue weighted by atomic mass is 79.9. The Hall–Kier alpha value is 0.0300. The van der Waals surface area contributed by atoms with Crippen LogP contribution in [0.15, 0.2) is 12.7 Å². The molecule has 2 rings (SSSR count). The first-order valence-electron chi connectivity index (χ1n) is 12.0. The number of rotatable bonds is 4. The molecule has 2 heterocycles. The van der Waals surface area contributed by atoms with E-state index in [1.54, 1.807) is 0 Å². The highest BCUT2D eigenvalue weighted by molar-refractivity contribution is 9.09. The van der Waals surface area contributed by atoms with Crippen molar-refractivity contribution in [3.8, 4) is 0 Å². The number of hydroxylamine groups is 4. The van der Waals surface area contributed by atoms with Crippen LogP contribution in [0.25, 0.3) is 0 Å². The predicted molar refractivity (Wildman–Crippen MR) is 154 cm³/mol. The van der Waals surface area contributed by atoms with Crippen LogP contribution < -0.4 is 0 Å². The van der Waals surface area contributed by atoms with Gasteiger partial charge >= 0.3 is 5.97 Å². The van der Waals surface area contributed by atoms with Crippen LogP contribution in [0.5, 0.6) is 0 Å². The van der Waals surface area contributed by atoms with Gasteiger partial charge in [0.15, 0.2) is 0 Å². The van der Waals surface area contributed by atoms with E-state index in [-0.39, 0.29) is 33.9 Å². The molecule has 2 aliphatic heterocycles. The molecule has 0 aromatic rings. The molecule has 0 bridgehead atoms. The quantitative estimate of drug-likeness (QED) is 0.137. The Morgan fingerprint density at radius 1 is 0.919 bits per heavy atom. The molecule has 0 aromatic carbocycles. The fraction of sp³-hybridized carbons (Fsp3) is 0.840. The van der Waals surface area contributed by atoms with Gasteiger partial charge in [0.25, 0.3) is 0 Å². The zero-order valence-corrected chi connectivity index (χ0v) is 27.2. The Morgan fingerprint density at radius 3 is 1.49 bits per heavy atom. The van der Waals surface area contributed by atoms with Crippen molar-refractivity contribution in [3.63, 3.8) is 0 Å². The number of alkyl halides is 3. The van der Waals surface area contributed by atoms with Gasteiger partial charge in [-0.3, -0.25) is 4.79 Å². The first-order chi connectivity index (χ1) is 16.6. The normalized spacial score (nSPS) is 22.6. The molecule has 0 spiro atoms. The smallest absolute Gasteiger partial charge is 0.330 e. The van der Waals surface area contributed by atoms with Crippen molar-refractivity contribution < 1.29 is 29.8 Å². The number of ether oxygens (including phenoxy) is 1. The van der Waals surface area contributed by atoms with E-state index >= 15 is 0 Å². The number of nitrogens with zero attached hydrogens (tertiary/aromatic N) is 2. The van der Waals surface area contributed by atoms with E-state index in [1.165, 1.54) is 16.2 Å². The molecule has 0 atom stereocenters. The third-order valence-electron chi connectivity index (χ3n) is 5.96. The highest BCUT2D eigenvalue weighted by Crippen LogP contribution is 2.38. The Bertz CT molecular complexity index is 687. The minimum absolute atomic E-state index is 0.168. The second kappa shape index (κ2) is 17.0. The molecule has 0 unspecified atom stereocenters. The van der Waals surface area contributed by atoms with Crippen molar-refractivity contribution in [1.29, 1.82) is 0 Å². The Balaban J connectivity index is 0. The largest absolute Gasteiger partial charge is 0.459 e. The summed E-state index contributed by atoms with van der Waals surface area (Å²) in [4.78, 5) is 20.9. The molecule has 8 nitrogen and oxygen atoms in total. The van der Waals surface area contributed by atoms with Crippen LogP contribution in [0, 0.1) is 0 Å². The zero-order chi connectivity index (χ0) is 29.8. The van der Waals surface area contributed by atoms with E-state index in [1.807, 2.05) is 55.4 Å². The van der Waals surface area contributed by atoms with Gasteiger partial charge in [-0.25, -0.2) is 4.79 Å². The molecule has 2 aliphatic rings. The molecule has 0 radical (unpaired) electrons. The lowest BCUT2D eigenvalue weighted by Crippen LogP contribution is -2.60. The Labute approximate surface area is 246 Å². The van der Waals surface area contributed by atoms with Gasteiger partial charge in [0.2, 0.25) is 5.24 Å². The van der Waals surface area contributed by atoms with Crippen LogP contribution in [0.2, 0.25) is 0 Å². The van der Waals surface area contributed by atoms with Crippen LogP contribution in [-0.2, 0) is 14.3 Å². The number of carbonyl (C=O) groups is 2. The van der Waals surface area contributed by atoms with E-state index < -0.39 is 17.0 Å². The summed E-state index contributed by atoms with van der Waals surface area (Å²) < 4.78 is 5.27. The molecule has 220 valence electrons. The molecule has 0 amide bonds. The SMILES string of the molecule is C=CC(=O)OC1CC(C)(C)N(O)C(C)(C)C1.CC1(C)CC(O)CC(C)(C)N1O.ClCCl.O=C(Cl)CCBr. The summed E-state index contributed by atoms with van der Waals surface area (Å²) in [6.07, 6.45) is 3.63.